The Morgan fingerprint density at radius 3 is 2.71 bits per heavy atom. The molecule has 14 heavy (non-hydrogen) atoms. The van der Waals surface area contributed by atoms with Crippen LogP contribution in [0.15, 0.2) is 0 Å². The van der Waals surface area contributed by atoms with Gasteiger partial charge in [-0.25, -0.2) is 0 Å². The lowest BCUT2D eigenvalue weighted by Crippen LogP contribution is -2.45. The zero-order valence-corrected chi connectivity index (χ0v) is 8.60. The number of hydrogen-bond donors (Lipinski definition) is 2. The molecule has 80 valence electrons. The Labute approximate surface area is 85.3 Å². The third-order valence-electron chi connectivity index (χ3n) is 4.55. The fourth-order valence-corrected chi connectivity index (χ4v) is 3.97. The molecule has 1 saturated carbocycles. The van der Waals surface area contributed by atoms with Gasteiger partial charge in [0, 0.05) is 24.0 Å². The summed E-state index contributed by atoms with van der Waals surface area (Å²) in [5.41, 5.74) is 6.26. The molecule has 3 fully saturated rings. The molecule has 3 rings (SSSR count). The number of aliphatic hydroxyl groups is 1. The van der Waals surface area contributed by atoms with Gasteiger partial charge in [-0.15, -0.1) is 0 Å². The SMILES string of the molecule is N[C@H]1[C@@H]2[C@@H](CCC[C@@H]2O)N2CCC[C@@H]12. The first kappa shape index (κ1) is 9.13. The summed E-state index contributed by atoms with van der Waals surface area (Å²) in [6.07, 6.45) is 5.83. The quantitative estimate of drug-likeness (QED) is 0.586. The highest BCUT2D eigenvalue weighted by Crippen LogP contribution is 2.42. The van der Waals surface area contributed by atoms with Crippen molar-refractivity contribution in [1.29, 1.82) is 0 Å². The van der Waals surface area contributed by atoms with Crippen LogP contribution in [-0.4, -0.2) is 40.8 Å². The van der Waals surface area contributed by atoms with E-state index in [1.807, 2.05) is 0 Å². The van der Waals surface area contributed by atoms with Crippen LogP contribution in [0.5, 0.6) is 0 Å². The van der Waals surface area contributed by atoms with Gasteiger partial charge in [0.05, 0.1) is 6.10 Å². The lowest BCUT2D eigenvalue weighted by molar-refractivity contribution is 0.0385. The number of aliphatic hydroxyl groups excluding tert-OH is 1. The summed E-state index contributed by atoms with van der Waals surface area (Å²) in [6, 6.07) is 1.41. The molecule has 1 aliphatic carbocycles. The van der Waals surface area contributed by atoms with Crippen molar-refractivity contribution in [2.45, 2.75) is 56.3 Å². The number of nitrogens with zero attached hydrogens (tertiary/aromatic N) is 1. The number of hydrogen-bond acceptors (Lipinski definition) is 3. The van der Waals surface area contributed by atoms with E-state index in [1.54, 1.807) is 0 Å². The third kappa shape index (κ3) is 1.09. The summed E-state index contributed by atoms with van der Waals surface area (Å²) in [6.45, 7) is 1.21. The molecule has 5 atom stereocenters. The van der Waals surface area contributed by atoms with Gasteiger partial charge >= 0.3 is 0 Å². The summed E-state index contributed by atoms with van der Waals surface area (Å²) in [5, 5.41) is 10.00. The Hall–Kier alpha value is -0.120. The summed E-state index contributed by atoms with van der Waals surface area (Å²) in [4.78, 5) is 2.58. The first-order valence-corrected chi connectivity index (χ1v) is 5.98. The van der Waals surface area contributed by atoms with Crippen LogP contribution in [0, 0.1) is 5.92 Å². The maximum absolute atomic E-state index is 10.00. The molecule has 0 spiro atoms. The van der Waals surface area contributed by atoms with Gasteiger partial charge < -0.3 is 10.8 Å². The predicted molar refractivity (Wildman–Crippen MR) is 54.8 cm³/mol. The van der Waals surface area contributed by atoms with E-state index in [4.69, 9.17) is 5.73 Å². The Balaban J connectivity index is 1.87. The van der Waals surface area contributed by atoms with Crippen LogP contribution in [0.3, 0.4) is 0 Å². The van der Waals surface area contributed by atoms with Crippen molar-refractivity contribution in [3.8, 4) is 0 Å². The van der Waals surface area contributed by atoms with Crippen LogP contribution in [0.2, 0.25) is 0 Å². The molecule has 3 aliphatic rings. The number of rotatable bonds is 0. The molecule has 3 N–H and O–H groups in total. The maximum atomic E-state index is 10.00. The van der Waals surface area contributed by atoms with Crippen molar-refractivity contribution < 1.29 is 5.11 Å². The molecular weight excluding hydrogens is 176 g/mol. The summed E-state index contributed by atoms with van der Waals surface area (Å²) >= 11 is 0. The fraction of sp³-hybridized carbons (Fsp3) is 1.00. The zero-order chi connectivity index (χ0) is 9.71. The highest BCUT2D eigenvalue weighted by atomic mass is 16.3. The van der Waals surface area contributed by atoms with Gasteiger partial charge in [0.15, 0.2) is 0 Å². The van der Waals surface area contributed by atoms with Crippen LogP contribution in [0.25, 0.3) is 0 Å². The second kappa shape index (κ2) is 3.19. The van der Waals surface area contributed by atoms with Gasteiger partial charge in [0.1, 0.15) is 0 Å². The molecule has 0 aromatic carbocycles. The van der Waals surface area contributed by atoms with Gasteiger partial charge in [0.2, 0.25) is 0 Å². The normalized spacial score (nSPS) is 53.1. The molecular formula is C11H20N2O. The van der Waals surface area contributed by atoms with Gasteiger partial charge in [-0.05, 0) is 38.6 Å². The van der Waals surface area contributed by atoms with E-state index in [9.17, 15) is 5.11 Å². The molecule has 0 aromatic rings. The standard InChI is InChI=1S/C11H20N2O/c12-11-8-4-2-6-13(8)7-3-1-5-9(14)10(7)11/h7-11,14H,1-6,12H2/t7-,8+,9+,10-,11-/m1/s1. The lowest BCUT2D eigenvalue weighted by Gasteiger charge is -2.34. The first-order valence-electron chi connectivity index (χ1n) is 5.98. The van der Waals surface area contributed by atoms with Crippen LogP contribution in [-0.2, 0) is 0 Å². The molecule has 0 radical (unpaired) electrons. The first-order chi connectivity index (χ1) is 6.79. The Morgan fingerprint density at radius 1 is 1.07 bits per heavy atom. The van der Waals surface area contributed by atoms with E-state index in [1.165, 1.54) is 32.2 Å². The van der Waals surface area contributed by atoms with Gasteiger partial charge in [0.25, 0.3) is 0 Å². The minimum Gasteiger partial charge on any atom is -0.393 e. The molecule has 2 heterocycles. The van der Waals surface area contributed by atoms with Gasteiger partial charge in [-0.3, -0.25) is 4.90 Å². The largest absolute Gasteiger partial charge is 0.393 e. The lowest BCUT2D eigenvalue weighted by atomic mass is 9.79. The van der Waals surface area contributed by atoms with Gasteiger partial charge in [-0.2, -0.15) is 0 Å². The topological polar surface area (TPSA) is 49.5 Å². The van der Waals surface area contributed by atoms with Crippen molar-refractivity contribution in [1.82, 2.24) is 4.90 Å². The van der Waals surface area contributed by atoms with Crippen molar-refractivity contribution in [2.75, 3.05) is 6.54 Å². The van der Waals surface area contributed by atoms with E-state index in [0.29, 0.717) is 18.0 Å². The van der Waals surface area contributed by atoms with Crippen molar-refractivity contribution >= 4 is 0 Å². The van der Waals surface area contributed by atoms with Crippen LogP contribution >= 0.6 is 0 Å². The summed E-state index contributed by atoms with van der Waals surface area (Å²) < 4.78 is 0. The van der Waals surface area contributed by atoms with Crippen LogP contribution in [0.4, 0.5) is 0 Å². The number of fused-ring (bicyclic) bond motifs is 3. The average Bonchev–Trinajstić information content (AvgIpc) is 2.71. The molecule has 0 bridgehead atoms. The smallest absolute Gasteiger partial charge is 0.0598 e. The van der Waals surface area contributed by atoms with E-state index >= 15 is 0 Å². The minimum absolute atomic E-state index is 0.130. The van der Waals surface area contributed by atoms with Crippen LogP contribution < -0.4 is 5.73 Å². The van der Waals surface area contributed by atoms with E-state index < -0.39 is 0 Å². The number of nitrogens with two attached hydrogens (primary N) is 1. The third-order valence-corrected chi connectivity index (χ3v) is 4.55. The summed E-state index contributed by atoms with van der Waals surface area (Å²) in [5.74, 6) is 0.369. The predicted octanol–water partition coefficient (Wildman–Crippen LogP) is 0.321. The monoisotopic (exact) mass is 196 g/mol. The Morgan fingerprint density at radius 2 is 1.86 bits per heavy atom. The van der Waals surface area contributed by atoms with E-state index in [-0.39, 0.29) is 12.1 Å². The maximum Gasteiger partial charge on any atom is 0.0598 e. The second-order valence-electron chi connectivity index (χ2n) is 5.17. The van der Waals surface area contributed by atoms with E-state index in [2.05, 4.69) is 4.90 Å². The highest BCUT2D eigenvalue weighted by Gasteiger charge is 2.52. The fourth-order valence-electron chi connectivity index (χ4n) is 3.97. The Bertz CT molecular complexity index is 233. The average molecular weight is 196 g/mol. The minimum atomic E-state index is -0.130. The molecule has 2 saturated heterocycles. The molecule has 2 aliphatic heterocycles. The second-order valence-corrected chi connectivity index (χ2v) is 5.17. The van der Waals surface area contributed by atoms with Crippen LogP contribution in [0.1, 0.15) is 32.1 Å². The summed E-state index contributed by atoms with van der Waals surface area (Å²) in [7, 11) is 0. The van der Waals surface area contributed by atoms with E-state index in [0.717, 1.165) is 6.42 Å². The molecule has 0 aromatic heterocycles. The van der Waals surface area contributed by atoms with Crippen molar-refractivity contribution in [3.63, 3.8) is 0 Å². The Kier molecular flexibility index (Phi) is 2.08. The molecule has 0 unspecified atom stereocenters. The van der Waals surface area contributed by atoms with Crippen molar-refractivity contribution in [3.05, 3.63) is 0 Å². The zero-order valence-electron chi connectivity index (χ0n) is 8.60. The van der Waals surface area contributed by atoms with Gasteiger partial charge in [-0.1, -0.05) is 0 Å². The molecule has 3 heteroatoms. The molecule has 3 nitrogen and oxygen atoms in total. The van der Waals surface area contributed by atoms with Crippen molar-refractivity contribution in [2.24, 2.45) is 11.7 Å². The molecule has 0 amide bonds. The highest BCUT2D eigenvalue weighted by molar-refractivity contribution is 5.08.